The molecule has 1 nitrogen and oxygen atoms in total. The van der Waals surface area contributed by atoms with E-state index in [2.05, 4.69) is 57.9 Å². The molecule has 0 bridgehead atoms. The van der Waals surface area contributed by atoms with Crippen LogP contribution in [-0.2, 0) is 0 Å². The van der Waals surface area contributed by atoms with E-state index in [9.17, 15) is 0 Å². The van der Waals surface area contributed by atoms with Gasteiger partial charge < -0.3 is 0 Å². The highest BCUT2D eigenvalue weighted by molar-refractivity contribution is 14.1. The van der Waals surface area contributed by atoms with Crippen molar-refractivity contribution in [3.63, 3.8) is 0 Å². The first-order valence-electron chi connectivity index (χ1n) is 5.04. The van der Waals surface area contributed by atoms with Crippen molar-refractivity contribution in [1.82, 2.24) is 4.98 Å². The van der Waals surface area contributed by atoms with Crippen LogP contribution in [0.4, 0.5) is 0 Å². The van der Waals surface area contributed by atoms with Gasteiger partial charge in [0.15, 0.2) is 0 Å². The summed E-state index contributed by atoms with van der Waals surface area (Å²) >= 11 is 10.00. The van der Waals surface area contributed by atoms with Gasteiger partial charge in [-0.15, -0.1) is 11.3 Å². The van der Waals surface area contributed by atoms with Gasteiger partial charge in [-0.1, -0.05) is 29.8 Å². The van der Waals surface area contributed by atoms with Crippen LogP contribution in [0.15, 0.2) is 42.6 Å². The SMILES string of the molecule is Clc1cc(-c2cc3ccccc3s2)cnc1I. The Bertz CT molecular complexity index is 660. The van der Waals surface area contributed by atoms with Crippen LogP contribution in [0.2, 0.25) is 5.02 Å². The molecule has 0 spiro atoms. The average molecular weight is 372 g/mol. The quantitative estimate of drug-likeness (QED) is 0.422. The molecule has 0 saturated heterocycles. The highest BCUT2D eigenvalue weighted by Crippen LogP contribution is 2.34. The molecule has 0 fully saturated rings. The molecule has 1 aromatic carbocycles. The Kier molecular flexibility index (Phi) is 3.06. The van der Waals surface area contributed by atoms with Crippen LogP contribution in [0.25, 0.3) is 20.5 Å². The Morgan fingerprint density at radius 2 is 2.00 bits per heavy atom. The molecule has 0 aliphatic rings. The normalized spacial score (nSPS) is 10.9. The summed E-state index contributed by atoms with van der Waals surface area (Å²) in [7, 11) is 0. The van der Waals surface area contributed by atoms with Gasteiger partial charge >= 0.3 is 0 Å². The Labute approximate surface area is 122 Å². The number of fused-ring (bicyclic) bond motifs is 1. The third kappa shape index (κ3) is 2.19. The largest absolute Gasteiger partial charge is 0.248 e. The molecule has 0 atom stereocenters. The molecule has 84 valence electrons. The fourth-order valence-corrected chi connectivity index (χ4v) is 3.19. The summed E-state index contributed by atoms with van der Waals surface area (Å²) in [5.41, 5.74) is 1.08. The smallest absolute Gasteiger partial charge is 0.119 e. The minimum absolute atomic E-state index is 0.709. The Balaban J connectivity index is 2.17. The molecular weight excluding hydrogens is 365 g/mol. The fourth-order valence-electron chi connectivity index (χ4n) is 1.68. The van der Waals surface area contributed by atoms with E-state index in [1.807, 2.05) is 12.3 Å². The van der Waals surface area contributed by atoms with Crippen molar-refractivity contribution in [2.24, 2.45) is 0 Å². The third-order valence-corrected chi connectivity index (χ3v) is 5.14. The zero-order chi connectivity index (χ0) is 11.8. The maximum atomic E-state index is 6.10. The number of aromatic nitrogens is 1. The average Bonchev–Trinajstić information content (AvgIpc) is 2.76. The van der Waals surface area contributed by atoms with Crippen molar-refractivity contribution < 1.29 is 0 Å². The number of nitrogens with zero attached hydrogens (tertiary/aromatic N) is 1. The van der Waals surface area contributed by atoms with Gasteiger partial charge in [0.1, 0.15) is 3.70 Å². The third-order valence-electron chi connectivity index (χ3n) is 2.51. The fraction of sp³-hybridized carbons (Fsp3) is 0. The van der Waals surface area contributed by atoms with Crippen molar-refractivity contribution in [1.29, 1.82) is 0 Å². The van der Waals surface area contributed by atoms with Crippen molar-refractivity contribution in [2.45, 2.75) is 0 Å². The molecule has 2 aromatic heterocycles. The summed E-state index contributed by atoms with van der Waals surface area (Å²) in [4.78, 5) is 5.49. The van der Waals surface area contributed by atoms with Crippen LogP contribution in [0, 0.1) is 3.70 Å². The lowest BCUT2D eigenvalue weighted by Gasteiger charge is -1.98. The van der Waals surface area contributed by atoms with Crippen LogP contribution in [0.3, 0.4) is 0 Å². The van der Waals surface area contributed by atoms with Gasteiger partial charge in [0.2, 0.25) is 0 Å². The van der Waals surface area contributed by atoms with Crippen molar-refractivity contribution in [2.75, 3.05) is 0 Å². The van der Waals surface area contributed by atoms with Crippen LogP contribution >= 0.6 is 45.5 Å². The predicted molar refractivity (Wildman–Crippen MR) is 82.8 cm³/mol. The number of hydrogen-bond acceptors (Lipinski definition) is 2. The van der Waals surface area contributed by atoms with Crippen LogP contribution in [0.1, 0.15) is 0 Å². The standard InChI is InChI=1S/C13H7ClINS/c14-10-5-9(7-16-13(10)15)12-6-8-3-1-2-4-11(8)17-12/h1-7H. The zero-order valence-electron chi connectivity index (χ0n) is 8.65. The Morgan fingerprint density at radius 1 is 1.18 bits per heavy atom. The minimum atomic E-state index is 0.709. The van der Waals surface area contributed by atoms with Gasteiger partial charge in [0, 0.05) is 21.3 Å². The van der Waals surface area contributed by atoms with Crippen LogP contribution in [0.5, 0.6) is 0 Å². The Morgan fingerprint density at radius 3 is 2.76 bits per heavy atom. The number of rotatable bonds is 1. The highest BCUT2D eigenvalue weighted by atomic mass is 127. The summed E-state index contributed by atoms with van der Waals surface area (Å²) in [5.74, 6) is 0. The number of benzene rings is 1. The molecule has 2 heterocycles. The first kappa shape index (κ1) is 11.4. The van der Waals surface area contributed by atoms with Gasteiger partial charge in [-0.25, -0.2) is 4.98 Å². The number of pyridine rings is 1. The number of halogens is 2. The molecule has 17 heavy (non-hydrogen) atoms. The molecule has 0 amide bonds. The molecule has 0 saturated carbocycles. The monoisotopic (exact) mass is 371 g/mol. The maximum Gasteiger partial charge on any atom is 0.119 e. The lowest BCUT2D eigenvalue weighted by molar-refractivity contribution is 1.28. The summed E-state index contributed by atoms with van der Waals surface area (Å²) in [6.45, 7) is 0. The van der Waals surface area contributed by atoms with E-state index < -0.39 is 0 Å². The van der Waals surface area contributed by atoms with Crippen molar-refractivity contribution >= 4 is 55.6 Å². The van der Waals surface area contributed by atoms with Gasteiger partial charge in [-0.05, 0) is 46.2 Å². The van der Waals surface area contributed by atoms with Gasteiger partial charge in [-0.3, -0.25) is 0 Å². The van der Waals surface area contributed by atoms with E-state index in [-0.39, 0.29) is 0 Å². The highest BCUT2D eigenvalue weighted by Gasteiger charge is 2.06. The molecule has 3 rings (SSSR count). The first-order chi connectivity index (χ1) is 8.24. The maximum absolute atomic E-state index is 6.10. The van der Waals surface area contributed by atoms with E-state index >= 15 is 0 Å². The van der Waals surface area contributed by atoms with Gasteiger partial charge in [0.25, 0.3) is 0 Å². The molecule has 0 radical (unpaired) electrons. The second kappa shape index (κ2) is 4.55. The van der Waals surface area contributed by atoms with E-state index in [0.717, 1.165) is 9.26 Å². The Hall–Kier alpha value is -0.650. The summed E-state index contributed by atoms with van der Waals surface area (Å²) in [5, 5.41) is 1.97. The van der Waals surface area contributed by atoms with Crippen LogP contribution < -0.4 is 0 Å². The zero-order valence-corrected chi connectivity index (χ0v) is 12.4. The molecule has 3 aromatic rings. The molecule has 4 heteroatoms. The van der Waals surface area contributed by atoms with E-state index in [1.165, 1.54) is 15.0 Å². The molecule has 0 unspecified atom stereocenters. The van der Waals surface area contributed by atoms with Gasteiger partial charge in [-0.2, -0.15) is 0 Å². The molecule has 0 aliphatic carbocycles. The van der Waals surface area contributed by atoms with E-state index in [0.29, 0.717) is 5.02 Å². The molecular formula is C13H7ClINS. The lowest BCUT2D eigenvalue weighted by Crippen LogP contribution is -1.82. The first-order valence-corrected chi connectivity index (χ1v) is 7.31. The predicted octanol–water partition coefficient (Wildman–Crippen LogP) is 5.22. The van der Waals surface area contributed by atoms with E-state index in [4.69, 9.17) is 11.6 Å². The second-order valence-corrected chi connectivity index (χ2v) is 6.16. The minimum Gasteiger partial charge on any atom is -0.248 e. The molecule has 0 aliphatic heterocycles. The summed E-state index contributed by atoms with van der Waals surface area (Å²) < 4.78 is 2.13. The number of hydrogen-bond donors (Lipinski definition) is 0. The van der Waals surface area contributed by atoms with Crippen molar-refractivity contribution in [3.8, 4) is 10.4 Å². The van der Waals surface area contributed by atoms with Gasteiger partial charge in [0.05, 0.1) is 5.02 Å². The lowest BCUT2D eigenvalue weighted by atomic mass is 10.2. The number of thiophene rings is 1. The second-order valence-electron chi connectivity index (χ2n) is 3.65. The van der Waals surface area contributed by atoms with Crippen LogP contribution in [-0.4, -0.2) is 4.98 Å². The molecule has 0 N–H and O–H groups in total. The van der Waals surface area contributed by atoms with Crippen molar-refractivity contribution in [3.05, 3.63) is 51.3 Å². The summed E-state index contributed by atoms with van der Waals surface area (Å²) in [6.07, 6.45) is 1.87. The topological polar surface area (TPSA) is 12.9 Å². The summed E-state index contributed by atoms with van der Waals surface area (Å²) in [6, 6.07) is 12.5. The van der Waals surface area contributed by atoms with E-state index in [1.54, 1.807) is 11.3 Å².